The fraction of sp³-hybridized carbons (Fsp3) is 0.150. The van der Waals surface area contributed by atoms with Crippen molar-refractivity contribution in [2.75, 3.05) is 7.11 Å². The SMILES string of the molecule is COC(=O)C(N)Cc1ccc(Oc2ccc(/C=C3\SC(=O)NC3=O)c(F)c2F)cc1. The molecule has 1 saturated heterocycles. The average molecular weight is 434 g/mol. The highest BCUT2D eigenvalue weighted by molar-refractivity contribution is 8.18. The lowest BCUT2D eigenvalue weighted by molar-refractivity contribution is -0.142. The van der Waals surface area contributed by atoms with Crippen LogP contribution < -0.4 is 15.8 Å². The predicted octanol–water partition coefficient (Wildman–Crippen LogP) is 3.12. The van der Waals surface area contributed by atoms with E-state index in [-0.39, 0.29) is 28.4 Å². The Balaban J connectivity index is 1.74. The average Bonchev–Trinajstić information content (AvgIpc) is 3.05. The zero-order valence-electron chi connectivity index (χ0n) is 15.6. The molecule has 3 rings (SSSR count). The standard InChI is InChI=1S/C20H16F2N2O5S/c1-28-19(26)13(23)8-10-2-5-12(6-3-10)29-14-7-4-11(16(21)17(14)22)9-15-18(25)24-20(27)30-15/h2-7,9,13H,8,23H2,1H3,(H,24,25,27)/b15-9-. The first-order chi connectivity index (χ1) is 14.3. The van der Waals surface area contributed by atoms with Gasteiger partial charge in [-0.3, -0.25) is 19.7 Å². The number of ether oxygens (including phenoxy) is 2. The molecule has 1 aliphatic rings. The Labute approximate surface area is 174 Å². The van der Waals surface area contributed by atoms with E-state index in [1.165, 1.54) is 31.4 Å². The van der Waals surface area contributed by atoms with Gasteiger partial charge in [-0.2, -0.15) is 4.39 Å². The molecule has 0 radical (unpaired) electrons. The Bertz CT molecular complexity index is 1040. The van der Waals surface area contributed by atoms with Crippen molar-refractivity contribution in [2.45, 2.75) is 12.5 Å². The number of amides is 2. The number of benzene rings is 2. The summed E-state index contributed by atoms with van der Waals surface area (Å²) in [5.41, 5.74) is 6.24. The maximum atomic E-state index is 14.4. The van der Waals surface area contributed by atoms with Crippen molar-refractivity contribution in [1.29, 1.82) is 0 Å². The number of carbonyl (C=O) groups excluding carboxylic acids is 3. The Morgan fingerprint density at radius 2 is 1.87 bits per heavy atom. The van der Waals surface area contributed by atoms with Crippen molar-refractivity contribution < 1.29 is 32.6 Å². The second kappa shape index (κ2) is 9.06. The van der Waals surface area contributed by atoms with Crippen LogP contribution in [0, 0.1) is 11.6 Å². The summed E-state index contributed by atoms with van der Waals surface area (Å²) >= 11 is 0.602. The van der Waals surface area contributed by atoms with Gasteiger partial charge >= 0.3 is 5.97 Å². The first kappa shape index (κ1) is 21.5. The Hall–Kier alpha value is -3.24. The van der Waals surface area contributed by atoms with Crippen LogP contribution in [0.4, 0.5) is 13.6 Å². The smallest absolute Gasteiger partial charge is 0.322 e. The first-order valence-corrected chi connectivity index (χ1v) is 9.43. The van der Waals surface area contributed by atoms with Crippen LogP contribution in [0.3, 0.4) is 0 Å². The number of hydrogen-bond donors (Lipinski definition) is 2. The van der Waals surface area contributed by atoms with Gasteiger partial charge < -0.3 is 15.2 Å². The molecule has 10 heteroatoms. The number of thioether (sulfide) groups is 1. The van der Waals surface area contributed by atoms with Crippen molar-refractivity contribution in [1.82, 2.24) is 5.32 Å². The van der Waals surface area contributed by atoms with Crippen molar-refractivity contribution in [3.8, 4) is 11.5 Å². The van der Waals surface area contributed by atoms with Gasteiger partial charge in [0.05, 0.1) is 12.0 Å². The van der Waals surface area contributed by atoms with Gasteiger partial charge in [-0.1, -0.05) is 12.1 Å². The summed E-state index contributed by atoms with van der Waals surface area (Å²) in [5.74, 6) is -3.78. The molecule has 0 spiro atoms. The van der Waals surface area contributed by atoms with Crippen molar-refractivity contribution >= 4 is 35.0 Å². The van der Waals surface area contributed by atoms with E-state index in [0.717, 1.165) is 11.6 Å². The number of rotatable bonds is 6. The van der Waals surface area contributed by atoms with E-state index < -0.39 is 34.8 Å². The molecule has 156 valence electrons. The molecule has 2 amide bonds. The number of esters is 1. The Kier molecular flexibility index (Phi) is 6.48. The first-order valence-electron chi connectivity index (χ1n) is 8.61. The summed E-state index contributed by atoms with van der Waals surface area (Å²) in [7, 11) is 1.25. The van der Waals surface area contributed by atoms with Crippen LogP contribution in [-0.2, 0) is 20.7 Å². The van der Waals surface area contributed by atoms with E-state index in [4.69, 9.17) is 10.5 Å². The molecule has 1 unspecified atom stereocenters. The number of imide groups is 1. The molecular weight excluding hydrogens is 418 g/mol. The molecule has 2 aromatic carbocycles. The normalized spacial score (nSPS) is 15.8. The molecule has 0 saturated carbocycles. The van der Waals surface area contributed by atoms with Crippen LogP contribution in [0.1, 0.15) is 11.1 Å². The second-order valence-corrected chi connectivity index (χ2v) is 7.23. The fourth-order valence-corrected chi connectivity index (χ4v) is 3.28. The highest BCUT2D eigenvalue weighted by atomic mass is 32.2. The molecule has 7 nitrogen and oxygen atoms in total. The van der Waals surface area contributed by atoms with E-state index in [1.54, 1.807) is 12.1 Å². The molecule has 0 bridgehead atoms. The van der Waals surface area contributed by atoms with Crippen LogP contribution in [0.15, 0.2) is 41.3 Å². The van der Waals surface area contributed by atoms with E-state index in [9.17, 15) is 23.2 Å². The predicted molar refractivity (Wildman–Crippen MR) is 106 cm³/mol. The number of nitrogens with one attached hydrogen (secondary N) is 1. The zero-order chi connectivity index (χ0) is 21.8. The minimum atomic E-state index is -1.24. The summed E-state index contributed by atoms with van der Waals surface area (Å²) in [6, 6.07) is 7.96. The summed E-state index contributed by atoms with van der Waals surface area (Å²) in [5, 5.41) is 1.45. The Morgan fingerprint density at radius 3 is 2.47 bits per heavy atom. The zero-order valence-corrected chi connectivity index (χ0v) is 16.4. The lowest BCUT2D eigenvalue weighted by atomic mass is 10.1. The molecular formula is C20H16F2N2O5S. The topological polar surface area (TPSA) is 108 Å². The second-order valence-electron chi connectivity index (χ2n) is 6.21. The van der Waals surface area contributed by atoms with Gasteiger partial charge in [0.25, 0.3) is 11.1 Å². The number of hydrogen-bond acceptors (Lipinski definition) is 7. The molecule has 1 aliphatic heterocycles. The Morgan fingerprint density at radius 1 is 1.17 bits per heavy atom. The molecule has 1 atom stereocenters. The third kappa shape index (κ3) is 4.84. The van der Waals surface area contributed by atoms with Crippen LogP contribution in [0.25, 0.3) is 6.08 Å². The van der Waals surface area contributed by atoms with E-state index in [0.29, 0.717) is 11.8 Å². The summed E-state index contributed by atoms with van der Waals surface area (Å²) in [6.45, 7) is 0. The molecule has 0 aliphatic carbocycles. The minimum Gasteiger partial charge on any atom is -0.468 e. The molecule has 1 heterocycles. The molecule has 30 heavy (non-hydrogen) atoms. The van der Waals surface area contributed by atoms with Crippen LogP contribution in [0.2, 0.25) is 0 Å². The highest BCUT2D eigenvalue weighted by Crippen LogP contribution is 2.31. The summed E-state index contributed by atoms with van der Waals surface area (Å²) in [4.78, 5) is 34.1. The maximum Gasteiger partial charge on any atom is 0.322 e. The quantitative estimate of drug-likeness (QED) is 0.531. The van der Waals surface area contributed by atoms with E-state index in [2.05, 4.69) is 4.74 Å². The largest absolute Gasteiger partial charge is 0.468 e. The van der Waals surface area contributed by atoms with Crippen LogP contribution in [0.5, 0.6) is 11.5 Å². The number of carbonyl (C=O) groups is 3. The van der Waals surface area contributed by atoms with Gasteiger partial charge in [-0.05, 0) is 54.1 Å². The fourth-order valence-electron chi connectivity index (χ4n) is 2.61. The van der Waals surface area contributed by atoms with Gasteiger partial charge in [0, 0.05) is 5.56 Å². The lowest BCUT2D eigenvalue weighted by Gasteiger charge is -2.11. The minimum absolute atomic E-state index is 0.0345. The van der Waals surface area contributed by atoms with Gasteiger partial charge in [-0.15, -0.1) is 0 Å². The number of methoxy groups -OCH3 is 1. The van der Waals surface area contributed by atoms with Crippen molar-refractivity contribution in [3.63, 3.8) is 0 Å². The van der Waals surface area contributed by atoms with Gasteiger partial charge in [-0.25, -0.2) is 4.39 Å². The van der Waals surface area contributed by atoms with Crippen molar-refractivity contribution in [3.05, 3.63) is 64.1 Å². The summed E-state index contributed by atoms with van der Waals surface area (Å²) in [6.07, 6.45) is 1.33. The number of halogens is 2. The highest BCUT2D eigenvalue weighted by Gasteiger charge is 2.26. The molecule has 0 aromatic heterocycles. The third-order valence-corrected chi connectivity index (χ3v) is 4.93. The van der Waals surface area contributed by atoms with Crippen molar-refractivity contribution in [2.24, 2.45) is 5.73 Å². The lowest BCUT2D eigenvalue weighted by Crippen LogP contribution is -2.33. The number of nitrogens with two attached hydrogens (primary N) is 1. The van der Waals surface area contributed by atoms with Gasteiger partial charge in [0.2, 0.25) is 5.82 Å². The monoisotopic (exact) mass is 434 g/mol. The third-order valence-electron chi connectivity index (χ3n) is 4.12. The molecule has 1 fully saturated rings. The maximum absolute atomic E-state index is 14.4. The summed E-state index contributed by atoms with van der Waals surface area (Å²) < 4.78 is 38.7. The molecule has 2 aromatic rings. The van der Waals surface area contributed by atoms with Gasteiger partial charge in [0.15, 0.2) is 11.6 Å². The van der Waals surface area contributed by atoms with E-state index >= 15 is 0 Å². The van der Waals surface area contributed by atoms with Gasteiger partial charge in [0.1, 0.15) is 11.8 Å². The van der Waals surface area contributed by atoms with E-state index in [1.807, 2.05) is 5.32 Å². The van der Waals surface area contributed by atoms with Crippen LogP contribution in [-0.4, -0.2) is 30.3 Å². The van der Waals surface area contributed by atoms with Crippen LogP contribution >= 0.6 is 11.8 Å². The molecule has 3 N–H and O–H groups in total.